The van der Waals surface area contributed by atoms with Crippen molar-refractivity contribution in [1.82, 2.24) is 0 Å². The van der Waals surface area contributed by atoms with Gasteiger partial charge in [0.05, 0.1) is 12.2 Å². The summed E-state index contributed by atoms with van der Waals surface area (Å²) in [5.41, 5.74) is 0. The average molecular weight is 183 g/mol. The minimum atomic E-state index is 0.215. The van der Waals surface area contributed by atoms with Crippen LogP contribution in [0.2, 0.25) is 0 Å². The molecule has 1 aliphatic rings. The van der Waals surface area contributed by atoms with Crippen LogP contribution in [0.1, 0.15) is 25.7 Å². The van der Waals surface area contributed by atoms with Crippen LogP contribution in [0.3, 0.4) is 0 Å². The van der Waals surface area contributed by atoms with Gasteiger partial charge in [0, 0.05) is 15.4 Å². The second-order valence-corrected chi connectivity index (χ2v) is 3.37. The number of allylic oxidation sites excluding steroid dienone is 1. The molecular weight excluding hydrogens is 169 g/mol. The predicted molar refractivity (Wildman–Crippen MR) is 51.3 cm³/mol. The van der Waals surface area contributed by atoms with Crippen molar-refractivity contribution < 1.29 is 4.52 Å². The highest BCUT2D eigenvalue weighted by Crippen LogP contribution is 2.19. The molecule has 0 bridgehead atoms. The molecule has 0 saturated heterocycles. The maximum absolute atomic E-state index is 8.71. The molecule has 3 unspecified atom stereocenters. The summed E-state index contributed by atoms with van der Waals surface area (Å²) in [6.45, 7) is 0. The molecule has 0 heterocycles. The van der Waals surface area contributed by atoms with Gasteiger partial charge < -0.3 is 4.52 Å². The Hall–Kier alpha value is -0.380. The molecule has 0 N–H and O–H groups in total. The lowest BCUT2D eigenvalue weighted by Crippen LogP contribution is -2.08. The Labute approximate surface area is 75.9 Å². The third-order valence-corrected chi connectivity index (χ3v) is 2.52. The first-order valence-corrected chi connectivity index (χ1v) is 4.75. The molecule has 0 aromatic heterocycles. The van der Waals surface area contributed by atoms with Gasteiger partial charge in [0.15, 0.2) is 0 Å². The Bertz CT molecular complexity index is 197. The van der Waals surface area contributed by atoms with Crippen molar-refractivity contribution in [3.05, 3.63) is 12.2 Å². The monoisotopic (exact) mass is 183 g/mol. The van der Waals surface area contributed by atoms with Crippen LogP contribution < -0.4 is 0 Å². The lowest BCUT2D eigenvalue weighted by Gasteiger charge is -2.14. The minimum absolute atomic E-state index is 0.215. The van der Waals surface area contributed by atoms with E-state index in [0.717, 1.165) is 25.7 Å². The lowest BCUT2D eigenvalue weighted by molar-refractivity contribution is 0.267. The van der Waals surface area contributed by atoms with Crippen LogP contribution >= 0.6 is 9.47 Å². The molecule has 3 heteroatoms. The average Bonchev–Trinajstić information content (AvgIpc) is 2.05. The minimum Gasteiger partial charge on any atom is -0.358 e. The predicted octanol–water partition coefficient (Wildman–Crippen LogP) is 2.43. The summed E-state index contributed by atoms with van der Waals surface area (Å²) in [7, 11) is 2.29. The van der Waals surface area contributed by atoms with Crippen LogP contribution in [-0.2, 0) is 4.52 Å². The zero-order valence-corrected chi connectivity index (χ0v) is 8.23. The van der Waals surface area contributed by atoms with Gasteiger partial charge in [-0.2, -0.15) is 5.26 Å². The Morgan fingerprint density at radius 2 is 2.33 bits per heavy atom. The van der Waals surface area contributed by atoms with Crippen molar-refractivity contribution >= 4 is 9.47 Å². The first-order valence-electron chi connectivity index (χ1n) is 4.28. The second-order valence-electron chi connectivity index (χ2n) is 3.10. The molecule has 66 valence electrons. The van der Waals surface area contributed by atoms with Crippen LogP contribution in [-0.4, -0.2) is 6.10 Å². The van der Waals surface area contributed by atoms with Gasteiger partial charge >= 0.3 is 0 Å². The van der Waals surface area contributed by atoms with Crippen LogP contribution in [0.4, 0.5) is 0 Å². The maximum atomic E-state index is 8.71. The summed E-state index contributed by atoms with van der Waals surface area (Å²) >= 11 is 0. The highest BCUT2D eigenvalue weighted by atomic mass is 31.0. The second kappa shape index (κ2) is 5.30. The molecule has 0 spiro atoms. The molecule has 0 radical (unpaired) electrons. The topological polar surface area (TPSA) is 33.0 Å². The molecule has 0 aliphatic heterocycles. The number of nitrogens with zero attached hydrogens (tertiary/aromatic N) is 1. The molecule has 3 atom stereocenters. The van der Waals surface area contributed by atoms with Crippen LogP contribution in [0, 0.1) is 17.2 Å². The Kier molecular flexibility index (Phi) is 4.29. The molecule has 0 aromatic carbocycles. The van der Waals surface area contributed by atoms with Gasteiger partial charge in [-0.15, -0.1) is 0 Å². The normalized spacial score (nSPS) is 33.0. The Balaban J connectivity index is 2.45. The molecule has 0 amide bonds. The molecular formula is C9H14NOP. The third-order valence-electron chi connectivity index (χ3n) is 2.17. The van der Waals surface area contributed by atoms with E-state index in [-0.39, 0.29) is 12.0 Å². The van der Waals surface area contributed by atoms with Crippen molar-refractivity contribution in [3.8, 4) is 6.07 Å². The van der Waals surface area contributed by atoms with Gasteiger partial charge in [-0.3, -0.25) is 0 Å². The summed E-state index contributed by atoms with van der Waals surface area (Å²) in [6, 6.07) is 2.31. The van der Waals surface area contributed by atoms with Crippen LogP contribution in [0.15, 0.2) is 12.2 Å². The van der Waals surface area contributed by atoms with E-state index in [2.05, 4.69) is 27.7 Å². The molecule has 1 rings (SSSR count). The van der Waals surface area contributed by atoms with Gasteiger partial charge in [0.1, 0.15) is 0 Å². The van der Waals surface area contributed by atoms with E-state index in [0.29, 0.717) is 0 Å². The summed E-state index contributed by atoms with van der Waals surface area (Å²) < 4.78 is 5.14. The molecule has 2 nitrogen and oxygen atoms in total. The fourth-order valence-electron chi connectivity index (χ4n) is 1.40. The first-order chi connectivity index (χ1) is 5.86. The van der Waals surface area contributed by atoms with Crippen molar-refractivity contribution in [2.75, 3.05) is 0 Å². The smallest absolute Gasteiger partial charge is 0.0791 e. The zero-order chi connectivity index (χ0) is 8.81. The molecule has 1 aliphatic carbocycles. The van der Waals surface area contributed by atoms with Crippen molar-refractivity contribution in [1.29, 1.82) is 5.26 Å². The van der Waals surface area contributed by atoms with Crippen LogP contribution in [0.5, 0.6) is 0 Å². The molecule has 0 fully saturated rings. The van der Waals surface area contributed by atoms with Gasteiger partial charge in [-0.1, -0.05) is 12.2 Å². The zero-order valence-electron chi connectivity index (χ0n) is 7.07. The fourth-order valence-corrected chi connectivity index (χ4v) is 1.63. The van der Waals surface area contributed by atoms with E-state index in [1.165, 1.54) is 0 Å². The number of nitriles is 1. The van der Waals surface area contributed by atoms with Gasteiger partial charge in [-0.05, 0) is 25.7 Å². The standard InChI is InChI=1S/C9H14NOP/c10-7-8-3-1-5-9(11-12)6-2-4-8/h1,5,8-9H,2-4,6,12H2/b5-1-. The summed E-state index contributed by atoms with van der Waals surface area (Å²) in [5.74, 6) is 0.215. The highest BCUT2D eigenvalue weighted by Gasteiger charge is 2.11. The SMILES string of the molecule is N#CC1C/C=C\C(OP)CCC1. The number of rotatable bonds is 1. The summed E-state index contributed by atoms with van der Waals surface area (Å²) in [6.07, 6.45) is 8.33. The van der Waals surface area contributed by atoms with E-state index >= 15 is 0 Å². The lowest BCUT2D eigenvalue weighted by atomic mass is 9.95. The van der Waals surface area contributed by atoms with E-state index in [1.54, 1.807) is 0 Å². The van der Waals surface area contributed by atoms with E-state index in [4.69, 9.17) is 9.79 Å². The van der Waals surface area contributed by atoms with E-state index < -0.39 is 0 Å². The third kappa shape index (κ3) is 2.93. The van der Waals surface area contributed by atoms with Crippen LogP contribution in [0.25, 0.3) is 0 Å². The fraction of sp³-hybridized carbons (Fsp3) is 0.667. The van der Waals surface area contributed by atoms with Crippen molar-refractivity contribution in [2.45, 2.75) is 31.8 Å². The van der Waals surface area contributed by atoms with E-state index in [1.807, 2.05) is 0 Å². The maximum Gasteiger partial charge on any atom is 0.0791 e. The molecule has 0 saturated carbocycles. The molecule has 12 heavy (non-hydrogen) atoms. The van der Waals surface area contributed by atoms with Gasteiger partial charge in [-0.25, -0.2) is 0 Å². The number of hydrogen-bond donors (Lipinski definition) is 0. The summed E-state index contributed by atoms with van der Waals surface area (Å²) in [5, 5.41) is 8.71. The van der Waals surface area contributed by atoms with Gasteiger partial charge in [0.25, 0.3) is 0 Å². The largest absolute Gasteiger partial charge is 0.358 e. The quantitative estimate of drug-likeness (QED) is 0.462. The van der Waals surface area contributed by atoms with Crippen molar-refractivity contribution in [3.63, 3.8) is 0 Å². The molecule has 0 aromatic rings. The first kappa shape index (κ1) is 9.71. The highest BCUT2D eigenvalue weighted by molar-refractivity contribution is 7.09. The Morgan fingerprint density at radius 1 is 1.50 bits per heavy atom. The summed E-state index contributed by atoms with van der Waals surface area (Å²) in [4.78, 5) is 0. The Morgan fingerprint density at radius 3 is 3.00 bits per heavy atom. The van der Waals surface area contributed by atoms with Gasteiger partial charge in [0.2, 0.25) is 0 Å². The van der Waals surface area contributed by atoms with Crippen molar-refractivity contribution in [2.24, 2.45) is 5.92 Å². The van der Waals surface area contributed by atoms with E-state index in [9.17, 15) is 0 Å². The number of hydrogen-bond acceptors (Lipinski definition) is 2.